The minimum Gasteiger partial charge on any atom is -0.324 e. The van der Waals surface area contributed by atoms with Crippen LogP contribution in [0.2, 0.25) is 0 Å². The first kappa shape index (κ1) is 12.6. The summed E-state index contributed by atoms with van der Waals surface area (Å²) in [6, 6.07) is 5.40. The average Bonchev–Trinajstić information content (AvgIpc) is 2.32. The highest BCUT2D eigenvalue weighted by atomic mass is 19.1. The summed E-state index contributed by atoms with van der Waals surface area (Å²) in [7, 11) is 0. The highest BCUT2D eigenvalue weighted by molar-refractivity contribution is 5.27. The fourth-order valence-corrected chi connectivity index (χ4v) is 2.99. The lowest BCUT2D eigenvalue weighted by Crippen LogP contribution is -2.27. The van der Waals surface area contributed by atoms with Crippen molar-refractivity contribution in [3.05, 3.63) is 35.1 Å². The van der Waals surface area contributed by atoms with Crippen molar-refractivity contribution >= 4 is 0 Å². The molecule has 2 N–H and O–H groups in total. The molecule has 0 bridgehead atoms. The Hall–Kier alpha value is -0.890. The Morgan fingerprint density at radius 2 is 2.12 bits per heavy atom. The number of halogens is 1. The zero-order chi connectivity index (χ0) is 12.4. The van der Waals surface area contributed by atoms with Gasteiger partial charge in [-0.15, -0.1) is 0 Å². The molecule has 1 aromatic carbocycles. The summed E-state index contributed by atoms with van der Waals surface area (Å²) in [4.78, 5) is 0. The highest BCUT2D eigenvalue weighted by Crippen LogP contribution is 2.36. The second-order valence-electron chi connectivity index (χ2n) is 5.54. The molecule has 3 unspecified atom stereocenters. The van der Waals surface area contributed by atoms with E-state index in [4.69, 9.17) is 5.73 Å². The minimum atomic E-state index is -0.141. The lowest BCUT2D eigenvalue weighted by atomic mass is 9.77. The van der Waals surface area contributed by atoms with Crippen LogP contribution >= 0.6 is 0 Å². The first-order valence-electron chi connectivity index (χ1n) is 6.60. The van der Waals surface area contributed by atoms with Gasteiger partial charge in [0, 0.05) is 11.6 Å². The van der Waals surface area contributed by atoms with Crippen LogP contribution in [-0.2, 0) is 0 Å². The molecule has 2 heteroatoms. The molecule has 1 aliphatic carbocycles. The molecule has 0 spiro atoms. The van der Waals surface area contributed by atoms with Gasteiger partial charge >= 0.3 is 0 Å². The van der Waals surface area contributed by atoms with Gasteiger partial charge in [0.15, 0.2) is 0 Å². The molecule has 1 fully saturated rings. The molecule has 0 saturated heterocycles. The monoisotopic (exact) mass is 235 g/mol. The van der Waals surface area contributed by atoms with Gasteiger partial charge in [-0.3, -0.25) is 0 Å². The van der Waals surface area contributed by atoms with Crippen LogP contribution in [0.5, 0.6) is 0 Å². The van der Waals surface area contributed by atoms with Crippen molar-refractivity contribution in [1.29, 1.82) is 0 Å². The Labute approximate surface area is 103 Å². The molecule has 0 amide bonds. The number of rotatable bonds is 2. The van der Waals surface area contributed by atoms with E-state index >= 15 is 0 Å². The van der Waals surface area contributed by atoms with E-state index in [1.165, 1.54) is 12.8 Å². The van der Waals surface area contributed by atoms with Crippen LogP contribution < -0.4 is 5.73 Å². The topological polar surface area (TPSA) is 26.0 Å². The summed E-state index contributed by atoms with van der Waals surface area (Å²) in [5.41, 5.74) is 7.66. The van der Waals surface area contributed by atoms with Crippen molar-refractivity contribution in [3.63, 3.8) is 0 Å². The zero-order valence-electron chi connectivity index (χ0n) is 10.7. The minimum absolute atomic E-state index is 0.113. The summed E-state index contributed by atoms with van der Waals surface area (Å²) in [6.07, 6.45) is 4.79. The van der Waals surface area contributed by atoms with Crippen molar-refractivity contribution in [2.45, 2.75) is 45.6 Å². The van der Waals surface area contributed by atoms with Gasteiger partial charge in [0.1, 0.15) is 5.82 Å². The van der Waals surface area contributed by atoms with Gasteiger partial charge in [-0.2, -0.15) is 0 Å². The van der Waals surface area contributed by atoms with Gasteiger partial charge in [0.05, 0.1) is 0 Å². The SMILES string of the molecule is Cc1cccc(C(N)C2CCCC(C)C2)c1F. The fraction of sp³-hybridized carbons (Fsp3) is 0.600. The van der Waals surface area contributed by atoms with Crippen LogP contribution in [0.4, 0.5) is 4.39 Å². The van der Waals surface area contributed by atoms with E-state index in [-0.39, 0.29) is 11.9 Å². The average molecular weight is 235 g/mol. The first-order valence-corrected chi connectivity index (χ1v) is 6.60. The molecule has 17 heavy (non-hydrogen) atoms. The van der Waals surface area contributed by atoms with Gasteiger partial charge in [-0.1, -0.05) is 38.0 Å². The van der Waals surface area contributed by atoms with E-state index in [2.05, 4.69) is 6.92 Å². The van der Waals surface area contributed by atoms with Crippen LogP contribution in [0.25, 0.3) is 0 Å². The number of hydrogen-bond acceptors (Lipinski definition) is 1. The van der Waals surface area contributed by atoms with Crippen LogP contribution in [0.3, 0.4) is 0 Å². The summed E-state index contributed by atoms with van der Waals surface area (Å²) >= 11 is 0. The van der Waals surface area contributed by atoms with Gasteiger partial charge in [-0.25, -0.2) is 4.39 Å². The molecule has 0 aliphatic heterocycles. The number of nitrogens with two attached hydrogens (primary N) is 1. The number of hydrogen-bond donors (Lipinski definition) is 1. The molecular formula is C15H22FN. The Morgan fingerprint density at radius 1 is 1.35 bits per heavy atom. The molecule has 1 aromatic rings. The Morgan fingerprint density at radius 3 is 2.82 bits per heavy atom. The van der Waals surface area contributed by atoms with Gasteiger partial charge in [0.25, 0.3) is 0 Å². The molecule has 94 valence electrons. The second kappa shape index (κ2) is 5.18. The quantitative estimate of drug-likeness (QED) is 0.825. The zero-order valence-corrected chi connectivity index (χ0v) is 10.7. The van der Waals surface area contributed by atoms with Crippen molar-refractivity contribution in [1.82, 2.24) is 0 Å². The molecule has 0 aromatic heterocycles. The lowest BCUT2D eigenvalue weighted by molar-refractivity contribution is 0.245. The van der Waals surface area contributed by atoms with Crippen molar-refractivity contribution in [2.75, 3.05) is 0 Å². The maximum absolute atomic E-state index is 14.0. The summed E-state index contributed by atoms with van der Waals surface area (Å²) < 4.78 is 14.0. The Bertz CT molecular complexity index is 389. The summed E-state index contributed by atoms with van der Waals surface area (Å²) in [6.45, 7) is 4.07. The van der Waals surface area contributed by atoms with Crippen LogP contribution in [0.1, 0.15) is 49.8 Å². The van der Waals surface area contributed by atoms with E-state index < -0.39 is 0 Å². The third-order valence-corrected chi connectivity index (χ3v) is 4.07. The third-order valence-electron chi connectivity index (χ3n) is 4.07. The molecular weight excluding hydrogens is 213 g/mol. The largest absolute Gasteiger partial charge is 0.324 e. The van der Waals surface area contributed by atoms with E-state index in [1.807, 2.05) is 12.1 Å². The van der Waals surface area contributed by atoms with Crippen molar-refractivity contribution < 1.29 is 4.39 Å². The lowest BCUT2D eigenvalue weighted by Gasteiger charge is -2.31. The van der Waals surface area contributed by atoms with Crippen LogP contribution in [0.15, 0.2) is 18.2 Å². The second-order valence-corrected chi connectivity index (χ2v) is 5.54. The van der Waals surface area contributed by atoms with Gasteiger partial charge < -0.3 is 5.73 Å². The van der Waals surface area contributed by atoms with E-state index in [0.717, 1.165) is 18.8 Å². The van der Waals surface area contributed by atoms with Crippen molar-refractivity contribution in [2.24, 2.45) is 17.6 Å². The molecule has 1 saturated carbocycles. The molecule has 1 aliphatic rings. The fourth-order valence-electron chi connectivity index (χ4n) is 2.99. The van der Waals surface area contributed by atoms with E-state index in [1.54, 1.807) is 13.0 Å². The number of benzene rings is 1. The molecule has 3 atom stereocenters. The standard InChI is InChI=1S/C15H22FN/c1-10-5-3-7-12(9-10)15(17)13-8-4-6-11(2)14(13)16/h4,6,8,10,12,15H,3,5,7,9,17H2,1-2H3. The summed E-state index contributed by atoms with van der Waals surface area (Å²) in [5, 5.41) is 0. The smallest absolute Gasteiger partial charge is 0.130 e. The van der Waals surface area contributed by atoms with Crippen molar-refractivity contribution in [3.8, 4) is 0 Å². The Kier molecular flexibility index (Phi) is 3.82. The highest BCUT2D eigenvalue weighted by Gasteiger charge is 2.27. The van der Waals surface area contributed by atoms with Gasteiger partial charge in [0.2, 0.25) is 0 Å². The predicted octanol–water partition coefficient (Wildman–Crippen LogP) is 3.96. The number of aryl methyl sites for hydroxylation is 1. The summed E-state index contributed by atoms with van der Waals surface area (Å²) in [5.74, 6) is 1.06. The first-order chi connectivity index (χ1) is 8.09. The maximum atomic E-state index is 14.0. The third kappa shape index (κ3) is 2.68. The molecule has 2 rings (SSSR count). The molecule has 0 radical (unpaired) electrons. The van der Waals surface area contributed by atoms with E-state index in [9.17, 15) is 4.39 Å². The predicted molar refractivity (Wildman–Crippen MR) is 69.2 cm³/mol. The normalized spacial score (nSPS) is 26.8. The molecule has 1 nitrogen and oxygen atoms in total. The van der Waals surface area contributed by atoms with Crippen LogP contribution in [0, 0.1) is 24.6 Å². The van der Waals surface area contributed by atoms with Gasteiger partial charge in [-0.05, 0) is 37.2 Å². The maximum Gasteiger partial charge on any atom is 0.130 e. The molecule has 0 heterocycles. The Balaban J connectivity index is 2.18. The van der Waals surface area contributed by atoms with E-state index in [0.29, 0.717) is 17.0 Å². The van der Waals surface area contributed by atoms with Crippen LogP contribution in [-0.4, -0.2) is 0 Å².